The van der Waals surface area contributed by atoms with Gasteiger partial charge in [-0.15, -0.1) is 0 Å². The van der Waals surface area contributed by atoms with E-state index in [1.54, 1.807) is 0 Å². The van der Waals surface area contributed by atoms with Gasteiger partial charge in [0.25, 0.3) is 0 Å². The molecule has 4 heteroatoms. The number of rotatable bonds is 4. The van der Waals surface area contributed by atoms with Crippen LogP contribution < -0.4 is 0 Å². The molecule has 2 atom stereocenters. The highest BCUT2D eigenvalue weighted by Gasteiger charge is 2.49. The molecule has 0 aromatic rings. The summed E-state index contributed by atoms with van der Waals surface area (Å²) in [5.41, 5.74) is 0. The van der Waals surface area contributed by atoms with Crippen LogP contribution in [0.25, 0.3) is 0 Å². The van der Waals surface area contributed by atoms with Crippen LogP contribution in [0.4, 0.5) is 0 Å². The lowest BCUT2D eigenvalue weighted by Gasteiger charge is -1.87. The third-order valence-electron chi connectivity index (χ3n) is 1.61. The van der Waals surface area contributed by atoms with E-state index in [1.807, 2.05) is 0 Å². The fourth-order valence-electron chi connectivity index (χ4n) is 0.935. The predicted octanol–water partition coefficient (Wildman–Crippen LogP) is 1.18. The summed E-state index contributed by atoms with van der Waals surface area (Å²) in [7, 11) is 0. The van der Waals surface area contributed by atoms with Crippen LogP contribution in [0.15, 0.2) is 0 Å². The highest BCUT2D eigenvalue weighted by molar-refractivity contribution is 4.74. The van der Waals surface area contributed by atoms with Crippen LogP contribution >= 0.6 is 0 Å². The molecule has 0 amide bonds. The van der Waals surface area contributed by atoms with Crippen molar-refractivity contribution in [3.63, 3.8) is 0 Å². The Balaban J connectivity index is 2.08. The fourth-order valence-corrected chi connectivity index (χ4v) is 0.935. The molecule has 1 heterocycles. The van der Waals surface area contributed by atoms with E-state index in [2.05, 4.69) is 6.92 Å². The van der Waals surface area contributed by atoms with E-state index >= 15 is 0 Å². The van der Waals surface area contributed by atoms with Gasteiger partial charge < -0.3 is 4.74 Å². The molecule has 58 valence electrons. The molecule has 0 bridgehead atoms. The molecule has 0 N–H and O–H groups in total. The predicted molar refractivity (Wildman–Crippen MR) is 35.2 cm³/mol. The molecule has 0 radical (unpaired) electrons. The fraction of sp³-hybridized carbons (Fsp3) is 1.00. The van der Waals surface area contributed by atoms with Crippen LogP contribution in [-0.4, -0.2) is 17.3 Å². The Labute approximate surface area is 59.3 Å². The SMILES string of the molecule is CCCCC1OC1[N+](=O)[O-]. The van der Waals surface area contributed by atoms with Crippen molar-refractivity contribution >= 4 is 0 Å². The minimum absolute atomic E-state index is 0.0880. The maximum Gasteiger partial charge on any atom is 0.342 e. The van der Waals surface area contributed by atoms with Gasteiger partial charge in [0.15, 0.2) is 6.10 Å². The smallest absolute Gasteiger partial charge is 0.302 e. The van der Waals surface area contributed by atoms with E-state index < -0.39 is 6.23 Å². The summed E-state index contributed by atoms with van der Waals surface area (Å²) in [6, 6.07) is 0. The number of nitro groups is 1. The van der Waals surface area contributed by atoms with E-state index in [1.165, 1.54) is 0 Å². The van der Waals surface area contributed by atoms with Crippen LogP contribution in [0.2, 0.25) is 0 Å². The molecule has 0 aromatic heterocycles. The van der Waals surface area contributed by atoms with Crippen molar-refractivity contribution in [3.8, 4) is 0 Å². The second-order valence-electron chi connectivity index (χ2n) is 2.49. The van der Waals surface area contributed by atoms with Gasteiger partial charge in [0, 0.05) is 0 Å². The third kappa shape index (κ3) is 1.67. The van der Waals surface area contributed by atoms with Gasteiger partial charge in [-0.2, -0.15) is 0 Å². The quantitative estimate of drug-likeness (QED) is 0.339. The van der Waals surface area contributed by atoms with Crippen LogP contribution in [0.1, 0.15) is 26.2 Å². The summed E-state index contributed by atoms with van der Waals surface area (Å²) in [6.45, 7) is 2.06. The molecule has 4 nitrogen and oxygen atoms in total. The first kappa shape index (κ1) is 7.47. The molecule has 1 saturated heterocycles. The molecule has 0 spiro atoms. The van der Waals surface area contributed by atoms with Gasteiger partial charge in [-0.3, -0.25) is 10.1 Å². The van der Waals surface area contributed by atoms with Gasteiger partial charge in [-0.25, -0.2) is 0 Å². The van der Waals surface area contributed by atoms with Crippen molar-refractivity contribution in [1.29, 1.82) is 0 Å². The molecular weight excluding hydrogens is 134 g/mol. The molecule has 0 aliphatic carbocycles. The van der Waals surface area contributed by atoms with Crippen molar-refractivity contribution < 1.29 is 9.66 Å². The van der Waals surface area contributed by atoms with Gasteiger partial charge in [-0.1, -0.05) is 19.8 Å². The zero-order valence-electron chi connectivity index (χ0n) is 5.95. The summed E-state index contributed by atoms with van der Waals surface area (Å²) in [5.74, 6) is 0. The molecule has 0 saturated carbocycles. The Bertz CT molecular complexity index is 137. The first-order chi connectivity index (χ1) is 4.75. The Morgan fingerprint density at radius 2 is 2.40 bits per heavy atom. The van der Waals surface area contributed by atoms with E-state index in [4.69, 9.17) is 4.74 Å². The van der Waals surface area contributed by atoms with Crippen molar-refractivity contribution in [2.75, 3.05) is 0 Å². The van der Waals surface area contributed by atoms with E-state index in [0.29, 0.717) is 0 Å². The van der Waals surface area contributed by atoms with Gasteiger partial charge in [0.05, 0.1) is 4.92 Å². The highest BCUT2D eigenvalue weighted by atomic mass is 16.7. The van der Waals surface area contributed by atoms with Crippen LogP contribution in [0.5, 0.6) is 0 Å². The summed E-state index contributed by atoms with van der Waals surface area (Å²) >= 11 is 0. The largest absolute Gasteiger partial charge is 0.342 e. The molecular formula is C6H11NO3. The topological polar surface area (TPSA) is 55.7 Å². The molecule has 1 aliphatic rings. The highest BCUT2D eigenvalue weighted by Crippen LogP contribution is 2.26. The maximum atomic E-state index is 10.0. The van der Waals surface area contributed by atoms with Crippen LogP contribution in [-0.2, 0) is 4.74 Å². The average Bonchev–Trinajstić information content (AvgIpc) is 2.62. The van der Waals surface area contributed by atoms with E-state index in [9.17, 15) is 10.1 Å². The summed E-state index contributed by atoms with van der Waals surface area (Å²) < 4.78 is 4.78. The second kappa shape index (κ2) is 2.96. The molecule has 2 unspecified atom stereocenters. The lowest BCUT2D eigenvalue weighted by molar-refractivity contribution is -0.516. The molecule has 1 fully saturated rings. The number of epoxide rings is 1. The number of hydrogen-bond donors (Lipinski definition) is 0. The number of unbranched alkanes of at least 4 members (excludes halogenated alkanes) is 1. The van der Waals surface area contributed by atoms with Crippen molar-refractivity contribution in [3.05, 3.63) is 10.1 Å². The number of nitrogens with zero attached hydrogens (tertiary/aromatic N) is 1. The minimum atomic E-state index is -0.688. The average molecular weight is 145 g/mol. The van der Waals surface area contributed by atoms with Gasteiger partial charge in [0.1, 0.15) is 0 Å². The zero-order valence-corrected chi connectivity index (χ0v) is 5.95. The summed E-state index contributed by atoms with van der Waals surface area (Å²) in [5, 5.41) is 10.0. The molecule has 10 heavy (non-hydrogen) atoms. The van der Waals surface area contributed by atoms with Gasteiger partial charge >= 0.3 is 6.23 Å². The van der Waals surface area contributed by atoms with Gasteiger partial charge in [0.2, 0.25) is 0 Å². The number of ether oxygens (including phenoxy) is 1. The van der Waals surface area contributed by atoms with E-state index in [0.717, 1.165) is 19.3 Å². The van der Waals surface area contributed by atoms with Crippen LogP contribution in [0, 0.1) is 10.1 Å². The monoisotopic (exact) mass is 145 g/mol. The lowest BCUT2D eigenvalue weighted by atomic mass is 10.2. The summed E-state index contributed by atoms with van der Waals surface area (Å²) in [4.78, 5) is 9.65. The third-order valence-corrected chi connectivity index (χ3v) is 1.61. The Morgan fingerprint density at radius 1 is 1.70 bits per heavy atom. The molecule has 1 aliphatic heterocycles. The normalized spacial score (nSPS) is 30.1. The van der Waals surface area contributed by atoms with Crippen molar-refractivity contribution in [1.82, 2.24) is 0 Å². The first-order valence-corrected chi connectivity index (χ1v) is 3.54. The van der Waals surface area contributed by atoms with Crippen molar-refractivity contribution in [2.45, 2.75) is 38.5 Å². The van der Waals surface area contributed by atoms with E-state index in [-0.39, 0.29) is 11.0 Å². The summed E-state index contributed by atoms with van der Waals surface area (Å²) in [6.07, 6.45) is 2.16. The van der Waals surface area contributed by atoms with Gasteiger partial charge in [-0.05, 0) is 6.42 Å². The molecule has 0 aromatic carbocycles. The Hall–Kier alpha value is -0.640. The minimum Gasteiger partial charge on any atom is -0.302 e. The zero-order chi connectivity index (χ0) is 7.56. The van der Waals surface area contributed by atoms with Crippen molar-refractivity contribution in [2.24, 2.45) is 0 Å². The molecule has 1 rings (SSSR count). The number of hydrogen-bond acceptors (Lipinski definition) is 3. The Morgan fingerprint density at radius 3 is 2.80 bits per heavy atom. The second-order valence-corrected chi connectivity index (χ2v) is 2.49. The maximum absolute atomic E-state index is 10.0. The lowest BCUT2D eigenvalue weighted by Crippen LogP contribution is -2.05. The first-order valence-electron chi connectivity index (χ1n) is 3.54. The Kier molecular flexibility index (Phi) is 2.21. The standard InChI is InChI=1S/C6H11NO3/c1-2-3-4-5-6(10-5)7(8)9/h5-6H,2-4H2,1H3. The van der Waals surface area contributed by atoms with Crippen LogP contribution in [0.3, 0.4) is 0 Å².